The van der Waals surface area contributed by atoms with Crippen LogP contribution in [0.1, 0.15) is 17.3 Å². The number of ether oxygens (including phenoxy) is 3. The Labute approximate surface area is 120 Å². The fraction of sp³-hybridized carbons (Fsp3) is 0.462. The summed E-state index contributed by atoms with van der Waals surface area (Å²) >= 11 is 0. The van der Waals surface area contributed by atoms with E-state index in [1.54, 1.807) is 6.92 Å². The van der Waals surface area contributed by atoms with E-state index in [1.807, 2.05) is 0 Å². The van der Waals surface area contributed by atoms with Crippen molar-refractivity contribution in [2.45, 2.75) is 25.6 Å². The fourth-order valence-electron chi connectivity index (χ4n) is 1.67. The van der Waals surface area contributed by atoms with Gasteiger partial charge >= 0.3 is 6.36 Å². The maximum atomic E-state index is 12.0. The summed E-state index contributed by atoms with van der Waals surface area (Å²) in [6, 6.07) is 4.17. The topological polar surface area (TPSA) is 56.8 Å². The normalized spacial score (nSPS) is 13.1. The second kappa shape index (κ2) is 7.28. The zero-order valence-corrected chi connectivity index (χ0v) is 11.7. The molecule has 0 heterocycles. The highest BCUT2D eigenvalue weighted by Gasteiger charge is 2.31. The first-order valence-corrected chi connectivity index (χ1v) is 5.99. The van der Waals surface area contributed by atoms with Crippen LogP contribution in [0.3, 0.4) is 0 Å². The van der Waals surface area contributed by atoms with Crippen molar-refractivity contribution in [3.05, 3.63) is 29.8 Å². The molecule has 1 N–H and O–H groups in total. The van der Waals surface area contributed by atoms with Crippen LogP contribution in [0.15, 0.2) is 24.3 Å². The molecule has 0 saturated carbocycles. The third-order valence-electron chi connectivity index (χ3n) is 2.58. The van der Waals surface area contributed by atoms with Crippen LogP contribution in [0.25, 0.3) is 0 Å². The number of carbonyl (C=O) groups excluding carboxylic acids is 1. The summed E-state index contributed by atoms with van der Waals surface area (Å²) in [5, 5.41) is 2.61. The third-order valence-corrected chi connectivity index (χ3v) is 2.58. The molecule has 0 aromatic heterocycles. The van der Waals surface area contributed by atoms with Gasteiger partial charge in [0.25, 0.3) is 5.91 Å². The van der Waals surface area contributed by atoms with Crippen LogP contribution in [0.4, 0.5) is 13.2 Å². The maximum Gasteiger partial charge on any atom is 0.573 e. The molecule has 0 radical (unpaired) electrons. The van der Waals surface area contributed by atoms with Crippen molar-refractivity contribution in [2.24, 2.45) is 0 Å². The van der Waals surface area contributed by atoms with Crippen molar-refractivity contribution >= 4 is 5.91 Å². The van der Waals surface area contributed by atoms with E-state index in [9.17, 15) is 18.0 Å². The molecule has 0 aliphatic carbocycles. The largest absolute Gasteiger partial charge is 0.573 e. The molecule has 0 fully saturated rings. The molecule has 0 aliphatic heterocycles. The Hall–Kier alpha value is -1.80. The van der Waals surface area contributed by atoms with Gasteiger partial charge in [0, 0.05) is 19.8 Å². The van der Waals surface area contributed by atoms with Crippen molar-refractivity contribution in [1.29, 1.82) is 0 Å². The number of hydrogen-bond acceptors (Lipinski definition) is 4. The van der Waals surface area contributed by atoms with Crippen molar-refractivity contribution in [3.8, 4) is 5.75 Å². The van der Waals surface area contributed by atoms with Gasteiger partial charge in [0.1, 0.15) is 5.75 Å². The molecule has 1 amide bonds. The molecule has 5 nitrogen and oxygen atoms in total. The van der Waals surface area contributed by atoms with Gasteiger partial charge in [0.15, 0.2) is 6.29 Å². The summed E-state index contributed by atoms with van der Waals surface area (Å²) < 4.78 is 49.7. The third kappa shape index (κ3) is 5.60. The number of carbonyl (C=O) groups is 1. The molecule has 0 saturated heterocycles. The Morgan fingerprint density at radius 2 is 1.67 bits per heavy atom. The number of rotatable bonds is 6. The minimum atomic E-state index is -4.76. The first kappa shape index (κ1) is 17.3. The number of alkyl halides is 3. The van der Waals surface area contributed by atoms with Crippen molar-refractivity contribution in [3.63, 3.8) is 0 Å². The molecule has 118 valence electrons. The highest BCUT2D eigenvalue weighted by molar-refractivity contribution is 5.94. The highest BCUT2D eigenvalue weighted by atomic mass is 19.4. The molecule has 1 aromatic carbocycles. The van der Waals surface area contributed by atoms with Crippen LogP contribution in [0.2, 0.25) is 0 Å². The summed E-state index contributed by atoms with van der Waals surface area (Å²) in [4.78, 5) is 11.9. The van der Waals surface area contributed by atoms with E-state index >= 15 is 0 Å². The average molecular weight is 307 g/mol. The summed E-state index contributed by atoms with van der Waals surface area (Å²) in [6.45, 7) is 1.68. The number of hydrogen-bond donors (Lipinski definition) is 1. The number of nitrogens with one attached hydrogen (secondary N) is 1. The standard InChI is InChI=1S/C13H16F3NO4/c1-8(12(19-2)20-3)17-11(18)9-4-6-10(7-5-9)21-13(14,15)16/h4-8,12H,1-3H3,(H,17,18). The molecule has 0 spiro atoms. The second-order valence-electron chi connectivity index (χ2n) is 4.17. The molecule has 1 rings (SSSR count). The minimum Gasteiger partial charge on any atom is -0.406 e. The van der Waals surface area contributed by atoms with Gasteiger partial charge in [0.2, 0.25) is 0 Å². The maximum absolute atomic E-state index is 12.0. The predicted octanol–water partition coefficient (Wildman–Crippen LogP) is 2.32. The number of methoxy groups -OCH3 is 2. The fourth-order valence-corrected chi connectivity index (χ4v) is 1.67. The van der Waals surface area contributed by atoms with Gasteiger partial charge in [-0.1, -0.05) is 0 Å². The van der Waals surface area contributed by atoms with E-state index in [1.165, 1.54) is 26.4 Å². The lowest BCUT2D eigenvalue weighted by molar-refractivity contribution is -0.274. The summed E-state index contributed by atoms with van der Waals surface area (Å²) in [6.07, 6.45) is -5.38. The predicted molar refractivity (Wildman–Crippen MR) is 67.9 cm³/mol. The van der Waals surface area contributed by atoms with E-state index in [0.717, 1.165) is 12.1 Å². The van der Waals surface area contributed by atoms with Gasteiger partial charge < -0.3 is 19.5 Å². The van der Waals surface area contributed by atoms with E-state index in [2.05, 4.69) is 10.1 Å². The monoisotopic (exact) mass is 307 g/mol. The van der Waals surface area contributed by atoms with Gasteiger partial charge in [-0.2, -0.15) is 0 Å². The Morgan fingerprint density at radius 1 is 1.14 bits per heavy atom. The molecular formula is C13H16F3NO4. The Kier molecular flexibility index (Phi) is 5.98. The molecular weight excluding hydrogens is 291 g/mol. The van der Waals surface area contributed by atoms with Crippen LogP contribution < -0.4 is 10.1 Å². The lowest BCUT2D eigenvalue weighted by Gasteiger charge is -2.22. The van der Waals surface area contributed by atoms with Gasteiger partial charge in [-0.25, -0.2) is 0 Å². The van der Waals surface area contributed by atoms with E-state index in [-0.39, 0.29) is 5.56 Å². The van der Waals surface area contributed by atoms with Gasteiger partial charge in [0.05, 0.1) is 6.04 Å². The molecule has 1 atom stereocenters. The molecule has 0 aliphatic rings. The first-order chi connectivity index (χ1) is 9.76. The lowest BCUT2D eigenvalue weighted by Crippen LogP contribution is -2.42. The summed E-state index contributed by atoms with van der Waals surface area (Å²) in [5.74, 6) is -0.848. The summed E-state index contributed by atoms with van der Waals surface area (Å²) in [7, 11) is 2.86. The van der Waals surface area contributed by atoms with E-state index < -0.39 is 30.4 Å². The van der Waals surface area contributed by atoms with E-state index in [0.29, 0.717) is 0 Å². The lowest BCUT2D eigenvalue weighted by atomic mass is 10.2. The zero-order valence-electron chi connectivity index (χ0n) is 11.7. The highest BCUT2D eigenvalue weighted by Crippen LogP contribution is 2.22. The molecule has 1 aromatic rings. The average Bonchev–Trinajstić information content (AvgIpc) is 2.39. The minimum absolute atomic E-state index is 0.197. The van der Waals surface area contributed by atoms with Crippen LogP contribution in [-0.2, 0) is 9.47 Å². The van der Waals surface area contributed by atoms with E-state index in [4.69, 9.17) is 9.47 Å². The molecule has 0 bridgehead atoms. The SMILES string of the molecule is COC(OC)C(C)NC(=O)c1ccc(OC(F)(F)F)cc1. The molecule has 1 unspecified atom stereocenters. The second-order valence-corrected chi connectivity index (χ2v) is 4.17. The van der Waals surface area contributed by atoms with Gasteiger partial charge in [-0.3, -0.25) is 4.79 Å². The Balaban J connectivity index is 2.67. The van der Waals surface area contributed by atoms with Crippen molar-refractivity contribution in [2.75, 3.05) is 14.2 Å². The van der Waals surface area contributed by atoms with Crippen LogP contribution in [-0.4, -0.2) is 38.8 Å². The molecule has 21 heavy (non-hydrogen) atoms. The smallest absolute Gasteiger partial charge is 0.406 e. The number of halogens is 3. The number of amides is 1. The van der Waals surface area contributed by atoms with Gasteiger partial charge in [-0.15, -0.1) is 13.2 Å². The van der Waals surface area contributed by atoms with Crippen LogP contribution in [0, 0.1) is 0 Å². The van der Waals surface area contributed by atoms with Crippen LogP contribution >= 0.6 is 0 Å². The number of benzene rings is 1. The Morgan fingerprint density at radius 3 is 2.10 bits per heavy atom. The zero-order chi connectivity index (χ0) is 16.0. The van der Waals surface area contributed by atoms with Gasteiger partial charge in [-0.05, 0) is 31.2 Å². The summed E-state index contributed by atoms with van der Waals surface area (Å²) in [5.41, 5.74) is 0.197. The molecule has 8 heteroatoms. The Bertz CT molecular complexity index is 457. The van der Waals surface area contributed by atoms with Crippen LogP contribution in [0.5, 0.6) is 5.75 Å². The van der Waals surface area contributed by atoms with Crippen molar-refractivity contribution in [1.82, 2.24) is 5.32 Å². The first-order valence-electron chi connectivity index (χ1n) is 5.99. The quantitative estimate of drug-likeness (QED) is 0.820. The van der Waals surface area contributed by atoms with Crippen molar-refractivity contribution < 1.29 is 32.2 Å².